The van der Waals surface area contributed by atoms with Crippen LogP contribution in [0, 0.1) is 22.7 Å². The summed E-state index contributed by atoms with van der Waals surface area (Å²) >= 11 is 0. The van der Waals surface area contributed by atoms with Crippen molar-refractivity contribution in [3.63, 3.8) is 0 Å². The second-order valence-electron chi connectivity index (χ2n) is 9.70. The predicted molar refractivity (Wildman–Crippen MR) is 163 cm³/mol. The maximum Gasteiger partial charge on any atom is 0.0992 e. The van der Waals surface area contributed by atoms with Crippen LogP contribution in [0.4, 0.5) is 0 Å². The Labute approximate surface area is 234 Å². The number of nitrogens with zero attached hydrogens (tertiary/aromatic N) is 2. The lowest BCUT2D eigenvalue weighted by Gasteiger charge is -2.11. The van der Waals surface area contributed by atoms with Crippen LogP contribution in [0.15, 0.2) is 146 Å². The lowest BCUT2D eigenvalue weighted by Crippen LogP contribution is -1.87. The predicted octanol–water partition coefficient (Wildman–Crippen LogP) is 9.76. The molecule has 0 N–H and O–H groups in total. The van der Waals surface area contributed by atoms with E-state index in [4.69, 9.17) is 5.26 Å². The Kier molecular flexibility index (Phi) is 6.75. The molecular formula is C38H24N2. The topological polar surface area (TPSA) is 47.6 Å². The Morgan fingerprint density at radius 3 is 1.15 bits per heavy atom. The van der Waals surface area contributed by atoms with Gasteiger partial charge >= 0.3 is 0 Å². The molecule has 0 heterocycles. The van der Waals surface area contributed by atoms with Gasteiger partial charge in [0.25, 0.3) is 0 Å². The van der Waals surface area contributed by atoms with Gasteiger partial charge < -0.3 is 0 Å². The van der Waals surface area contributed by atoms with Crippen LogP contribution in [-0.4, -0.2) is 0 Å². The van der Waals surface area contributed by atoms with Gasteiger partial charge in [0, 0.05) is 0 Å². The van der Waals surface area contributed by atoms with Gasteiger partial charge in [-0.3, -0.25) is 0 Å². The van der Waals surface area contributed by atoms with E-state index in [1.807, 2.05) is 54.6 Å². The van der Waals surface area contributed by atoms with Crippen LogP contribution in [-0.2, 0) is 0 Å². The normalized spacial score (nSPS) is 10.4. The summed E-state index contributed by atoms with van der Waals surface area (Å²) in [5.41, 5.74) is 12.2. The summed E-state index contributed by atoms with van der Waals surface area (Å²) in [5, 5.41) is 18.8. The van der Waals surface area contributed by atoms with Crippen LogP contribution >= 0.6 is 0 Å². The first-order chi connectivity index (χ1) is 19.7. The molecule has 0 aliphatic carbocycles. The van der Waals surface area contributed by atoms with Crippen molar-refractivity contribution in [3.05, 3.63) is 157 Å². The fraction of sp³-hybridized carbons (Fsp3) is 0. The Balaban J connectivity index is 1.30. The monoisotopic (exact) mass is 508 g/mol. The number of rotatable bonds is 5. The third kappa shape index (κ3) is 5.16. The molecular weight excluding hydrogens is 484 g/mol. The highest BCUT2D eigenvalue weighted by Crippen LogP contribution is 2.33. The van der Waals surface area contributed by atoms with Crippen molar-refractivity contribution in [3.8, 4) is 67.8 Å². The molecule has 0 aromatic heterocycles. The Bertz CT molecular complexity index is 1870. The zero-order chi connectivity index (χ0) is 27.3. The average Bonchev–Trinajstić information content (AvgIpc) is 3.05. The SMILES string of the molecule is N#Cc1ccc(-c2ccc(-c3cccc(-c4cc(C#N)cc(-c5ccc(-c6ccccc6)cc5)c4)c3)cc2)cc1. The molecule has 0 amide bonds. The quantitative estimate of drug-likeness (QED) is 0.233. The van der Waals surface area contributed by atoms with E-state index >= 15 is 0 Å². The van der Waals surface area contributed by atoms with E-state index in [1.165, 1.54) is 11.1 Å². The van der Waals surface area contributed by atoms with Gasteiger partial charge in [0.1, 0.15) is 0 Å². The van der Waals surface area contributed by atoms with Crippen molar-refractivity contribution in [2.75, 3.05) is 0 Å². The van der Waals surface area contributed by atoms with Crippen LogP contribution < -0.4 is 0 Å². The first-order valence-corrected chi connectivity index (χ1v) is 13.1. The molecule has 0 saturated carbocycles. The lowest BCUT2D eigenvalue weighted by atomic mass is 9.93. The zero-order valence-electron chi connectivity index (χ0n) is 21.8. The molecule has 0 aliphatic heterocycles. The van der Waals surface area contributed by atoms with E-state index in [0.29, 0.717) is 11.1 Å². The van der Waals surface area contributed by atoms with Gasteiger partial charge in [-0.1, -0.05) is 109 Å². The summed E-state index contributed by atoms with van der Waals surface area (Å²) in [5.74, 6) is 0. The van der Waals surface area contributed by atoms with Gasteiger partial charge in [0.15, 0.2) is 0 Å². The summed E-state index contributed by atoms with van der Waals surface area (Å²) < 4.78 is 0. The first kappa shape index (κ1) is 24.6. The summed E-state index contributed by atoms with van der Waals surface area (Å²) in [4.78, 5) is 0. The van der Waals surface area contributed by atoms with Crippen LogP contribution in [0.25, 0.3) is 55.6 Å². The Morgan fingerprint density at radius 1 is 0.275 bits per heavy atom. The molecule has 0 unspecified atom stereocenters. The van der Waals surface area contributed by atoms with Crippen molar-refractivity contribution in [1.82, 2.24) is 0 Å². The molecule has 2 heteroatoms. The van der Waals surface area contributed by atoms with Gasteiger partial charge in [0.05, 0.1) is 23.3 Å². The van der Waals surface area contributed by atoms with Crippen molar-refractivity contribution < 1.29 is 0 Å². The standard InChI is InChI=1S/C38H24N2/c39-25-27-9-11-30(12-10-27)32-13-17-33(18-14-32)35-7-4-8-36(23-35)38-22-28(26-40)21-37(24-38)34-19-15-31(16-20-34)29-5-2-1-3-6-29/h1-24H. The van der Waals surface area contributed by atoms with E-state index < -0.39 is 0 Å². The molecule has 2 nitrogen and oxygen atoms in total. The molecule has 0 aliphatic rings. The molecule has 0 spiro atoms. The lowest BCUT2D eigenvalue weighted by molar-refractivity contribution is 1.47. The Hall–Kier alpha value is -5.70. The highest BCUT2D eigenvalue weighted by molar-refractivity contribution is 5.80. The summed E-state index contributed by atoms with van der Waals surface area (Å²) in [7, 11) is 0. The van der Waals surface area contributed by atoms with Crippen LogP contribution in [0.3, 0.4) is 0 Å². The van der Waals surface area contributed by atoms with Gasteiger partial charge in [-0.05, 0) is 92.0 Å². The zero-order valence-corrected chi connectivity index (χ0v) is 21.8. The molecule has 0 fully saturated rings. The highest BCUT2D eigenvalue weighted by atomic mass is 14.2. The van der Waals surface area contributed by atoms with E-state index in [9.17, 15) is 5.26 Å². The molecule has 40 heavy (non-hydrogen) atoms. The largest absolute Gasteiger partial charge is 0.192 e. The van der Waals surface area contributed by atoms with Gasteiger partial charge in [-0.15, -0.1) is 0 Å². The number of hydrogen-bond donors (Lipinski definition) is 0. The molecule has 0 bridgehead atoms. The average molecular weight is 509 g/mol. The number of nitriles is 2. The minimum absolute atomic E-state index is 0.636. The summed E-state index contributed by atoms with van der Waals surface area (Å²) in [6.45, 7) is 0. The maximum absolute atomic E-state index is 9.79. The molecule has 0 atom stereocenters. The molecule has 6 aromatic rings. The van der Waals surface area contributed by atoms with E-state index in [0.717, 1.165) is 44.5 Å². The second-order valence-corrected chi connectivity index (χ2v) is 9.70. The summed E-state index contributed by atoms with van der Waals surface area (Å²) in [6.07, 6.45) is 0. The van der Waals surface area contributed by atoms with Crippen molar-refractivity contribution in [1.29, 1.82) is 10.5 Å². The minimum atomic E-state index is 0.636. The van der Waals surface area contributed by atoms with Crippen molar-refractivity contribution >= 4 is 0 Å². The number of hydrogen-bond acceptors (Lipinski definition) is 2. The van der Waals surface area contributed by atoms with Gasteiger partial charge in [-0.2, -0.15) is 10.5 Å². The molecule has 186 valence electrons. The highest BCUT2D eigenvalue weighted by Gasteiger charge is 2.08. The molecule has 0 radical (unpaired) electrons. The Morgan fingerprint density at radius 2 is 0.625 bits per heavy atom. The molecule has 6 aromatic carbocycles. The molecule has 6 rings (SSSR count). The third-order valence-electron chi connectivity index (χ3n) is 7.15. The molecule has 0 saturated heterocycles. The fourth-order valence-corrected chi connectivity index (χ4v) is 4.98. The van der Waals surface area contributed by atoms with Gasteiger partial charge in [-0.25, -0.2) is 0 Å². The maximum atomic E-state index is 9.79. The first-order valence-electron chi connectivity index (χ1n) is 13.1. The minimum Gasteiger partial charge on any atom is -0.192 e. The van der Waals surface area contributed by atoms with E-state index in [2.05, 4.69) is 103 Å². The van der Waals surface area contributed by atoms with Crippen molar-refractivity contribution in [2.24, 2.45) is 0 Å². The summed E-state index contributed by atoms with van der Waals surface area (Å²) in [6, 6.07) is 53.9. The van der Waals surface area contributed by atoms with E-state index in [-0.39, 0.29) is 0 Å². The van der Waals surface area contributed by atoms with Crippen molar-refractivity contribution in [2.45, 2.75) is 0 Å². The van der Waals surface area contributed by atoms with Crippen LogP contribution in [0.2, 0.25) is 0 Å². The third-order valence-corrected chi connectivity index (χ3v) is 7.15. The fourth-order valence-electron chi connectivity index (χ4n) is 4.98. The van der Waals surface area contributed by atoms with Crippen LogP contribution in [0.1, 0.15) is 11.1 Å². The smallest absolute Gasteiger partial charge is 0.0992 e. The number of benzene rings is 6. The van der Waals surface area contributed by atoms with Crippen LogP contribution in [0.5, 0.6) is 0 Å². The van der Waals surface area contributed by atoms with E-state index in [1.54, 1.807) is 0 Å². The second kappa shape index (κ2) is 11.0. The van der Waals surface area contributed by atoms with Gasteiger partial charge in [0.2, 0.25) is 0 Å².